The fraction of sp³-hybridized carbons (Fsp3) is 0.476. The number of morpholine rings is 1. The summed E-state index contributed by atoms with van der Waals surface area (Å²) in [5.74, 6) is 0.460. The Bertz CT molecular complexity index is 2510. The molecule has 16 heteroatoms. The highest BCUT2D eigenvalue weighted by atomic mass is 16.5. The molecule has 0 bridgehead atoms. The molecule has 1 aliphatic carbocycles. The van der Waals surface area contributed by atoms with Crippen molar-refractivity contribution in [2.45, 2.75) is 63.1 Å². The predicted octanol–water partition coefficient (Wildman–Crippen LogP) is 3.28. The Morgan fingerprint density at radius 1 is 0.966 bits per heavy atom. The van der Waals surface area contributed by atoms with Crippen molar-refractivity contribution in [3.05, 3.63) is 76.0 Å². The maximum absolute atomic E-state index is 13.3. The molecule has 4 fully saturated rings. The van der Waals surface area contributed by atoms with Gasteiger partial charge in [-0.25, -0.2) is 14.3 Å². The van der Waals surface area contributed by atoms with Gasteiger partial charge in [0.1, 0.15) is 6.04 Å². The van der Waals surface area contributed by atoms with Crippen LogP contribution in [0.25, 0.3) is 16.7 Å². The lowest BCUT2D eigenvalue weighted by Gasteiger charge is -2.39. The molecule has 2 atom stereocenters. The second-order valence-corrected chi connectivity index (χ2v) is 16.4. The second kappa shape index (κ2) is 14.6. The first kappa shape index (κ1) is 36.6. The van der Waals surface area contributed by atoms with Crippen molar-refractivity contribution >= 4 is 57.3 Å². The molecule has 4 aliphatic heterocycles. The van der Waals surface area contributed by atoms with E-state index in [9.17, 15) is 19.2 Å². The van der Waals surface area contributed by atoms with E-state index in [1.165, 1.54) is 15.7 Å². The number of nitrogens with zero attached hydrogens (tertiary/aromatic N) is 8. The first-order valence-electron chi connectivity index (χ1n) is 20.6. The van der Waals surface area contributed by atoms with E-state index in [0.29, 0.717) is 35.8 Å². The molecule has 5 aliphatic rings. The van der Waals surface area contributed by atoms with Gasteiger partial charge in [-0.15, -0.1) is 5.10 Å². The first-order valence-corrected chi connectivity index (χ1v) is 20.6. The summed E-state index contributed by atoms with van der Waals surface area (Å²) >= 11 is 0. The van der Waals surface area contributed by atoms with E-state index in [1.54, 1.807) is 22.3 Å². The van der Waals surface area contributed by atoms with Crippen LogP contribution in [0.15, 0.2) is 53.5 Å². The maximum Gasteiger partial charge on any atom is 0.329 e. The molecule has 10 rings (SSSR count). The molecule has 3 N–H and O–H groups in total. The van der Waals surface area contributed by atoms with Crippen molar-refractivity contribution < 1.29 is 19.1 Å². The SMILES string of the molecule is CNc1cc(N2CCc3c([C@@H]4CN(CC5CCN(c6ccc7c(c6)n(C)c(=O)n7C6CCC(=O)NC6=O)CC5)CCO4)cccc32)nn2c(C(=O)NC3CC3)cnc12. The largest absolute Gasteiger partial charge is 0.385 e. The number of carbonyl (C=O) groups excluding carboxylic acids is 3. The zero-order valence-electron chi connectivity index (χ0n) is 32.9. The van der Waals surface area contributed by atoms with Crippen molar-refractivity contribution in [3.63, 3.8) is 0 Å². The standard InChI is InChI=1S/C42H49N11O5/c1-43-30-21-37(47-53-35(22-44-39(30)53)41(56)45-26-6-7-26)51-17-14-28-29(4-3-5-31(28)51)36-24-49(18-19-58-36)23-25-12-15-50(16-13-25)27-8-9-32-34(20-27)48(2)42(57)52(32)33-10-11-38(54)46-40(33)55/h3-5,8-9,20-22,25-26,33,36,43H,6-7,10-19,23-24H2,1-2H3,(H,45,56)(H,46,54,55)/t33?,36-/m0/s1. The van der Waals surface area contributed by atoms with Crippen molar-refractivity contribution in [1.82, 2.24) is 39.3 Å². The lowest BCUT2D eigenvalue weighted by Crippen LogP contribution is -2.44. The average Bonchev–Trinajstić information content (AvgIpc) is 3.67. The van der Waals surface area contributed by atoms with Gasteiger partial charge in [0.2, 0.25) is 11.8 Å². The highest BCUT2D eigenvalue weighted by Crippen LogP contribution is 2.40. The molecular formula is C42H49N11O5. The summed E-state index contributed by atoms with van der Waals surface area (Å²) in [6.45, 7) is 6.08. The number of hydrogen-bond donors (Lipinski definition) is 3. The number of carbonyl (C=O) groups is 3. The highest BCUT2D eigenvalue weighted by Gasteiger charge is 2.34. The summed E-state index contributed by atoms with van der Waals surface area (Å²) in [5.41, 5.74) is 7.82. The van der Waals surface area contributed by atoms with Crippen molar-refractivity contribution in [2.75, 3.05) is 68.0 Å². The van der Waals surface area contributed by atoms with Crippen LogP contribution in [0.5, 0.6) is 0 Å². The lowest BCUT2D eigenvalue weighted by molar-refractivity contribution is -0.135. The van der Waals surface area contributed by atoms with Crippen LogP contribution in [0.2, 0.25) is 0 Å². The van der Waals surface area contributed by atoms with Crippen LogP contribution in [0.1, 0.15) is 72.3 Å². The predicted molar refractivity (Wildman–Crippen MR) is 219 cm³/mol. The minimum absolute atomic E-state index is 0.0238. The van der Waals surface area contributed by atoms with Gasteiger partial charge < -0.3 is 25.2 Å². The number of rotatable bonds is 9. The minimum Gasteiger partial charge on any atom is -0.385 e. The number of piperidine rings is 2. The molecule has 16 nitrogen and oxygen atoms in total. The summed E-state index contributed by atoms with van der Waals surface area (Å²) in [5, 5.41) is 13.7. The first-order chi connectivity index (χ1) is 28.2. The van der Waals surface area contributed by atoms with Gasteiger partial charge in [-0.3, -0.25) is 33.7 Å². The number of aryl methyl sites for hydroxylation is 1. The van der Waals surface area contributed by atoms with Crippen LogP contribution < -0.4 is 31.4 Å². The summed E-state index contributed by atoms with van der Waals surface area (Å²) < 4.78 is 11.3. The van der Waals surface area contributed by atoms with E-state index in [4.69, 9.17) is 9.84 Å². The summed E-state index contributed by atoms with van der Waals surface area (Å²) in [7, 11) is 3.60. The highest BCUT2D eigenvalue weighted by molar-refractivity contribution is 6.00. The Balaban J connectivity index is 0.804. The van der Waals surface area contributed by atoms with Crippen LogP contribution in [-0.2, 0) is 27.8 Å². The van der Waals surface area contributed by atoms with Gasteiger partial charge in [-0.2, -0.15) is 0 Å². The number of ether oxygens (including phenoxy) is 1. The van der Waals surface area contributed by atoms with E-state index >= 15 is 0 Å². The molecule has 5 aromatic rings. The van der Waals surface area contributed by atoms with E-state index in [2.05, 4.69) is 59.9 Å². The van der Waals surface area contributed by atoms with Crippen LogP contribution in [-0.4, -0.2) is 105 Å². The van der Waals surface area contributed by atoms with Crippen LogP contribution in [0.4, 0.5) is 22.9 Å². The van der Waals surface area contributed by atoms with Gasteiger partial charge >= 0.3 is 5.69 Å². The molecular weight excluding hydrogens is 739 g/mol. The number of fused-ring (bicyclic) bond motifs is 3. The average molecular weight is 788 g/mol. The number of hydrogen-bond acceptors (Lipinski definition) is 11. The second-order valence-electron chi connectivity index (χ2n) is 16.4. The number of nitrogens with one attached hydrogen (secondary N) is 3. The monoisotopic (exact) mass is 787 g/mol. The molecule has 0 radical (unpaired) electrons. The van der Waals surface area contributed by atoms with Crippen LogP contribution in [0.3, 0.4) is 0 Å². The number of imide groups is 1. The molecule has 1 saturated carbocycles. The lowest BCUT2D eigenvalue weighted by atomic mass is 9.94. The smallest absolute Gasteiger partial charge is 0.329 e. The Morgan fingerprint density at radius 3 is 2.60 bits per heavy atom. The van der Waals surface area contributed by atoms with Gasteiger partial charge in [-0.1, -0.05) is 12.1 Å². The molecule has 0 spiro atoms. The van der Waals surface area contributed by atoms with Gasteiger partial charge in [0.25, 0.3) is 5.91 Å². The van der Waals surface area contributed by atoms with E-state index < -0.39 is 11.9 Å². The van der Waals surface area contributed by atoms with Crippen LogP contribution >= 0.6 is 0 Å². The number of imidazole rings is 2. The zero-order chi connectivity index (χ0) is 39.7. The summed E-state index contributed by atoms with van der Waals surface area (Å²) in [6.07, 6.45) is 7.15. The van der Waals surface area contributed by atoms with Gasteiger partial charge in [0.05, 0.1) is 35.6 Å². The van der Waals surface area contributed by atoms with E-state index in [-0.39, 0.29) is 36.1 Å². The maximum atomic E-state index is 13.3. The minimum atomic E-state index is -0.692. The molecule has 3 aromatic heterocycles. The topological polar surface area (TPSA) is 163 Å². The molecule has 2 aromatic carbocycles. The van der Waals surface area contributed by atoms with Crippen molar-refractivity contribution in [3.8, 4) is 0 Å². The van der Waals surface area contributed by atoms with E-state index in [0.717, 1.165) is 99.8 Å². The molecule has 302 valence electrons. The van der Waals surface area contributed by atoms with Gasteiger partial charge in [0, 0.05) is 83.3 Å². The molecule has 3 saturated heterocycles. The van der Waals surface area contributed by atoms with Crippen LogP contribution in [0, 0.1) is 5.92 Å². The van der Waals surface area contributed by atoms with Crippen molar-refractivity contribution in [2.24, 2.45) is 13.0 Å². The quantitative estimate of drug-likeness (QED) is 0.188. The normalized spacial score (nSPS) is 21.8. The third-order valence-electron chi connectivity index (χ3n) is 12.8. The molecule has 58 heavy (non-hydrogen) atoms. The molecule has 1 unspecified atom stereocenters. The van der Waals surface area contributed by atoms with Crippen molar-refractivity contribution in [1.29, 1.82) is 0 Å². The number of aromatic nitrogens is 5. The fourth-order valence-corrected chi connectivity index (χ4v) is 9.49. The van der Waals surface area contributed by atoms with Gasteiger partial charge in [-0.05, 0) is 79.8 Å². The third-order valence-corrected chi connectivity index (χ3v) is 12.8. The number of amides is 3. The third kappa shape index (κ3) is 6.47. The molecule has 3 amide bonds. The van der Waals surface area contributed by atoms with E-state index in [1.807, 2.05) is 25.2 Å². The van der Waals surface area contributed by atoms with Gasteiger partial charge in [0.15, 0.2) is 17.2 Å². The fourth-order valence-electron chi connectivity index (χ4n) is 9.49. The number of anilines is 4. The summed E-state index contributed by atoms with van der Waals surface area (Å²) in [4.78, 5) is 62.5. The number of benzene rings is 2. The molecule has 7 heterocycles. The zero-order valence-corrected chi connectivity index (χ0v) is 32.9. The Kier molecular flexibility index (Phi) is 9.19. The summed E-state index contributed by atoms with van der Waals surface area (Å²) in [6, 6.07) is 14.1. The Labute approximate surface area is 335 Å². The Morgan fingerprint density at radius 2 is 1.81 bits per heavy atom. The Hall–Kier alpha value is -5.74.